The zero-order valence-electron chi connectivity index (χ0n) is 11.2. The number of fused-ring (bicyclic) bond motifs is 1. The Bertz CT molecular complexity index is 653. The summed E-state index contributed by atoms with van der Waals surface area (Å²) in [4.78, 5) is 6.35. The highest BCUT2D eigenvalue weighted by molar-refractivity contribution is 7.19. The number of aryl methyl sites for hydroxylation is 2. The number of hydrogen-bond donors (Lipinski definition) is 1. The van der Waals surface area contributed by atoms with E-state index in [2.05, 4.69) is 4.98 Å². The van der Waals surface area contributed by atoms with E-state index < -0.39 is 0 Å². The quantitative estimate of drug-likeness (QED) is 0.943. The number of rotatable bonds is 3. The molecular formula is C13H15ClN2O3S. The fourth-order valence-electron chi connectivity index (χ4n) is 2.13. The molecule has 2 aromatic heterocycles. The van der Waals surface area contributed by atoms with Crippen LogP contribution < -0.4 is 10.5 Å². The first-order valence-electron chi connectivity index (χ1n) is 6.24. The average molecular weight is 315 g/mol. The van der Waals surface area contributed by atoms with E-state index in [0.717, 1.165) is 26.3 Å². The van der Waals surface area contributed by atoms with Crippen molar-refractivity contribution in [1.29, 1.82) is 0 Å². The lowest BCUT2D eigenvalue weighted by Gasteiger charge is -2.12. The minimum atomic E-state index is -0.0704. The molecule has 0 spiro atoms. The maximum absolute atomic E-state index is 6.33. The number of hydrogen-bond acceptors (Lipinski definition) is 6. The molecule has 2 aromatic rings. The molecule has 5 nitrogen and oxygen atoms in total. The first kappa shape index (κ1) is 13.9. The highest BCUT2D eigenvalue weighted by atomic mass is 35.5. The predicted octanol–water partition coefficient (Wildman–Crippen LogP) is 2.90. The molecule has 7 heteroatoms. The van der Waals surface area contributed by atoms with Gasteiger partial charge in [-0.2, -0.15) is 0 Å². The molecular weight excluding hydrogens is 300 g/mol. The second-order valence-electron chi connectivity index (χ2n) is 4.70. The van der Waals surface area contributed by atoms with Gasteiger partial charge >= 0.3 is 0 Å². The van der Waals surface area contributed by atoms with Crippen LogP contribution in [0.5, 0.6) is 5.88 Å². The van der Waals surface area contributed by atoms with Crippen molar-refractivity contribution in [2.45, 2.75) is 20.0 Å². The average Bonchev–Trinajstić information content (AvgIpc) is 3.02. The molecule has 1 aliphatic rings. The molecule has 0 radical (unpaired) electrons. The van der Waals surface area contributed by atoms with Crippen LogP contribution in [0, 0.1) is 13.8 Å². The van der Waals surface area contributed by atoms with Gasteiger partial charge in [-0.25, -0.2) is 4.98 Å². The number of anilines is 1. The van der Waals surface area contributed by atoms with Crippen molar-refractivity contribution >= 4 is 38.8 Å². The minimum Gasteiger partial charge on any atom is -0.474 e. The molecule has 0 amide bonds. The Balaban J connectivity index is 1.92. The van der Waals surface area contributed by atoms with E-state index >= 15 is 0 Å². The van der Waals surface area contributed by atoms with Crippen LogP contribution in [0.25, 0.3) is 10.2 Å². The van der Waals surface area contributed by atoms with Crippen molar-refractivity contribution in [3.63, 3.8) is 0 Å². The first-order valence-corrected chi connectivity index (χ1v) is 7.44. The van der Waals surface area contributed by atoms with Gasteiger partial charge in [-0.15, -0.1) is 11.3 Å². The molecule has 108 valence electrons. The molecule has 1 unspecified atom stereocenters. The van der Waals surface area contributed by atoms with Gasteiger partial charge in [0.1, 0.15) is 29.4 Å². The molecule has 1 aliphatic heterocycles. The van der Waals surface area contributed by atoms with Gasteiger partial charge < -0.3 is 19.9 Å². The van der Waals surface area contributed by atoms with Crippen molar-refractivity contribution < 1.29 is 14.2 Å². The van der Waals surface area contributed by atoms with E-state index in [1.807, 2.05) is 13.8 Å². The highest BCUT2D eigenvalue weighted by Gasteiger charge is 2.20. The van der Waals surface area contributed by atoms with Crippen LogP contribution in [-0.2, 0) is 9.47 Å². The lowest BCUT2D eigenvalue weighted by molar-refractivity contribution is 0.0315. The molecule has 1 fully saturated rings. The van der Waals surface area contributed by atoms with Crippen LogP contribution in [0.1, 0.15) is 10.4 Å². The van der Waals surface area contributed by atoms with E-state index in [1.54, 1.807) is 11.3 Å². The smallest absolute Gasteiger partial charge is 0.234 e. The molecule has 3 heterocycles. The van der Waals surface area contributed by atoms with Crippen LogP contribution >= 0.6 is 22.9 Å². The van der Waals surface area contributed by atoms with Crippen molar-refractivity contribution in [2.24, 2.45) is 0 Å². The maximum Gasteiger partial charge on any atom is 0.234 e. The van der Waals surface area contributed by atoms with Gasteiger partial charge in [0, 0.05) is 10.3 Å². The summed E-state index contributed by atoms with van der Waals surface area (Å²) in [6.45, 7) is 5.12. The first-order chi connectivity index (χ1) is 9.58. The Morgan fingerprint density at radius 2 is 2.30 bits per heavy atom. The fourth-order valence-corrected chi connectivity index (χ4v) is 3.32. The number of nitrogens with two attached hydrogens (primary N) is 1. The third-order valence-corrected chi connectivity index (χ3v) is 4.76. The highest BCUT2D eigenvalue weighted by Crippen LogP contribution is 2.40. The molecule has 1 saturated heterocycles. The van der Waals surface area contributed by atoms with Gasteiger partial charge in [-0.3, -0.25) is 0 Å². The predicted molar refractivity (Wildman–Crippen MR) is 79.7 cm³/mol. The van der Waals surface area contributed by atoms with Gasteiger partial charge in [0.2, 0.25) is 5.88 Å². The molecule has 0 saturated carbocycles. The summed E-state index contributed by atoms with van der Waals surface area (Å²) >= 11 is 7.87. The summed E-state index contributed by atoms with van der Waals surface area (Å²) in [5, 5.41) is 1.42. The summed E-state index contributed by atoms with van der Waals surface area (Å²) in [7, 11) is 0. The number of pyridine rings is 1. The summed E-state index contributed by atoms with van der Waals surface area (Å²) in [6.07, 6.45) is -0.0704. The Labute approximate surface area is 125 Å². The standard InChI is InChI=1S/C13H15ClN2O3S/c1-6-9-11(15)7(2)20-13(9)16-12(10(6)14)18-4-8-3-17-5-19-8/h8H,3-5,15H2,1-2H3. The molecule has 0 aliphatic carbocycles. The van der Waals surface area contributed by atoms with Gasteiger partial charge in [-0.1, -0.05) is 11.6 Å². The van der Waals surface area contributed by atoms with E-state index in [0.29, 0.717) is 30.9 Å². The Morgan fingerprint density at radius 1 is 1.50 bits per heavy atom. The molecule has 20 heavy (non-hydrogen) atoms. The van der Waals surface area contributed by atoms with Gasteiger partial charge in [0.15, 0.2) is 0 Å². The topological polar surface area (TPSA) is 66.6 Å². The Hall–Kier alpha value is -1.08. The zero-order chi connectivity index (χ0) is 14.3. The normalized spacial score (nSPS) is 18.9. The van der Waals surface area contributed by atoms with Crippen molar-refractivity contribution in [1.82, 2.24) is 4.98 Å². The number of nitrogen functional groups attached to an aromatic ring is 1. The third-order valence-electron chi connectivity index (χ3n) is 3.30. The number of nitrogens with zero attached hydrogens (tertiary/aromatic N) is 1. The SMILES string of the molecule is Cc1sc2nc(OCC3COCO3)c(Cl)c(C)c2c1N. The van der Waals surface area contributed by atoms with Crippen molar-refractivity contribution in [3.05, 3.63) is 15.5 Å². The van der Waals surface area contributed by atoms with Gasteiger partial charge in [-0.05, 0) is 19.4 Å². The van der Waals surface area contributed by atoms with Crippen molar-refractivity contribution in [3.8, 4) is 5.88 Å². The largest absolute Gasteiger partial charge is 0.474 e. The Kier molecular flexibility index (Phi) is 3.72. The molecule has 0 aromatic carbocycles. The number of ether oxygens (including phenoxy) is 3. The fraction of sp³-hybridized carbons (Fsp3) is 0.462. The molecule has 2 N–H and O–H groups in total. The van der Waals surface area contributed by atoms with E-state index in [1.165, 1.54) is 0 Å². The monoisotopic (exact) mass is 314 g/mol. The summed E-state index contributed by atoms with van der Waals surface area (Å²) in [5.74, 6) is 0.424. The maximum atomic E-state index is 6.33. The van der Waals surface area contributed by atoms with E-state index in [4.69, 9.17) is 31.5 Å². The van der Waals surface area contributed by atoms with Gasteiger partial charge in [0.05, 0.1) is 12.3 Å². The van der Waals surface area contributed by atoms with E-state index in [9.17, 15) is 0 Å². The minimum absolute atomic E-state index is 0.0704. The van der Waals surface area contributed by atoms with Gasteiger partial charge in [0.25, 0.3) is 0 Å². The second kappa shape index (κ2) is 5.37. The zero-order valence-corrected chi connectivity index (χ0v) is 12.8. The number of halogens is 1. The van der Waals surface area contributed by atoms with Crippen molar-refractivity contribution in [2.75, 3.05) is 25.7 Å². The third kappa shape index (κ3) is 2.33. The number of aromatic nitrogens is 1. The van der Waals surface area contributed by atoms with Crippen LogP contribution in [0.15, 0.2) is 0 Å². The van der Waals surface area contributed by atoms with Crippen LogP contribution in [0.4, 0.5) is 5.69 Å². The summed E-state index contributed by atoms with van der Waals surface area (Å²) in [5.41, 5.74) is 7.71. The second-order valence-corrected chi connectivity index (χ2v) is 6.28. The van der Waals surface area contributed by atoms with Crippen LogP contribution in [-0.4, -0.2) is 31.1 Å². The van der Waals surface area contributed by atoms with E-state index in [-0.39, 0.29) is 6.10 Å². The lowest BCUT2D eigenvalue weighted by atomic mass is 10.2. The molecule has 1 atom stereocenters. The lowest BCUT2D eigenvalue weighted by Crippen LogP contribution is -2.20. The summed E-state index contributed by atoms with van der Waals surface area (Å²) in [6, 6.07) is 0. The molecule has 0 bridgehead atoms. The molecule has 3 rings (SSSR count). The summed E-state index contributed by atoms with van der Waals surface area (Å²) < 4.78 is 16.1. The van der Waals surface area contributed by atoms with Crippen LogP contribution in [0.3, 0.4) is 0 Å². The number of thiophene rings is 1. The van der Waals surface area contributed by atoms with Crippen LogP contribution in [0.2, 0.25) is 5.02 Å². The Morgan fingerprint density at radius 3 is 3.00 bits per heavy atom.